The van der Waals surface area contributed by atoms with E-state index in [0.717, 1.165) is 0 Å². The molecule has 0 aliphatic rings. The average Bonchev–Trinajstić information content (AvgIpc) is 3.01. The highest BCUT2D eigenvalue weighted by Crippen LogP contribution is 2.39. The Bertz CT molecular complexity index is 823. The molecule has 5 nitrogen and oxygen atoms in total. The lowest BCUT2D eigenvalue weighted by Gasteiger charge is -2.20. The molecule has 0 bridgehead atoms. The smallest absolute Gasteiger partial charge is 0.348 e. The van der Waals surface area contributed by atoms with Crippen molar-refractivity contribution >= 4 is 16.9 Å². The van der Waals surface area contributed by atoms with E-state index >= 15 is 0 Å². The third-order valence-electron chi connectivity index (χ3n) is 3.81. The van der Waals surface area contributed by atoms with Gasteiger partial charge < -0.3 is 16.0 Å². The molecule has 0 atom stereocenters. The summed E-state index contributed by atoms with van der Waals surface area (Å²) >= 11 is 0. The van der Waals surface area contributed by atoms with E-state index in [1.54, 1.807) is 13.8 Å². The van der Waals surface area contributed by atoms with Gasteiger partial charge >= 0.3 is 12.4 Å². The van der Waals surface area contributed by atoms with Crippen LogP contribution in [-0.2, 0) is 23.7 Å². The number of rotatable bonds is 4. The minimum Gasteiger partial charge on any atom is -0.348 e. The van der Waals surface area contributed by atoms with Crippen LogP contribution in [0, 0.1) is 5.41 Å². The standard InChI is InChI=1S/C15H16F6N4O.C2H6/c1-13(2,6-22)12(26)23-5-10-24-9-4-7(14(16,17)18)3-8(11(9)25-10)15(19,20)21;1-2/h3-4H,5-6,22H2,1-2H3,(H,23,26)(H,24,25);1-2H3. The van der Waals surface area contributed by atoms with E-state index in [1.165, 1.54) is 0 Å². The molecule has 2 rings (SSSR count). The lowest BCUT2D eigenvalue weighted by molar-refractivity contribution is -0.142. The molecule has 11 heteroatoms. The van der Waals surface area contributed by atoms with Gasteiger partial charge in [-0.05, 0) is 26.0 Å². The second-order valence-electron chi connectivity index (χ2n) is 6.37. The highest BCUT2D eigenvalue weighted by atomic mass is 19.4. The Balaban J connectivity index is 0.00000190. The maximum atomic E-state index is 13.1. The van der Waals surface area contributed by atoms with Crippen LogP contribution in [0.1, 0.15) is 44.6 Å². The predicted octanol–water partition coefficient (Wildman–Crippen LogP) is 4.23. The molecule has 0 spiro atoms. The van der Waals surface area contributed by atoms with E-state index in [4.69, 9.17) is 5.73 Å². The maximum Gasteiger partial charge on any atom is 0.418 e. The van der Waals surface area contributed by atoms with E-state index in [9.17, 15) is 31.1 Å². The third kappa shape index (κ3) is 5.37. The Hall–Kier alpha value is -2.30. The Kier molecular flexibility index (Phi) is 7.10. The molecule has 1 amide bonds. The van der Waals surface area contributed by atoms with Gasteiger partial charge in [0.2, 0.25) is 5.91 Å². The molecule has 1 aromatic heterocycles. The number of aromatic nitrogens is 2. The molecule has 0 aliphatic heterocycles. The van der Waals surface area contributed by atoms with Crippen LogP contribution in [-0.4, -0.2) is 22.4 Å². The summed E-state index contributed by atoms with van der Waals surface area (Å²) in [5, 5.41) is 2.44. The molecule has 0 fully saturated rings. The van der Waals surface area contributed by atoms with Crippen LogP contribution >= 0.6 is 0 Å². The first kappa shape index (κ1) is 23.7. The number of nitrogens with one attached hydrogen (secondary N) is 2. The van der Waals surface area contributed by atoms with Crippen LogP contribution in [0.4, 0.5) is 26.3 Å². The molecular formula is C17H22F6N4O. The Labute approximate surface area is 157 Å². The first-order valence-corrected chi connectivity index (χ1v) is 8.41. The zero-order valence-electron chi connectivity index (χ0n) is 15.8. The maximum absolute atomic E-state index is 13.1. The molecule has 2 aromatic rings. The lowest BCUT2D eigenvalue weighted by atomic mass is 9.93. The summed E-state index contributed by atoms with van der Waals surface area (Å²) in [4.78, 5) is 18.0. The minimum atomic E-state index is -5.02. The van der Waals surface area contributed by atoms with E-state index in [-0.39, 0.29) is 25.0 Å². The van der Waals surface area contributed by atoms with E-state index in [0.29, 0.717) is 6.07 Å². The van der Waals surface area contributed by atoms with Gasteiger partial charge in [0.15, 0.2) is 0 Å². The predicted molar refractivity (Wildman–Crippen MR) is 92.1 cm³/mol. The second-order valence-corrected chi connectivity index (χ2v) is 6.37. The van der Waals surface area contributed by atoms with E-state index in [2.05, 4.69) is 15.3 Å². The van der Waals surface area contributed by atoms with Crippen LogP contribution in [0.15, 0.2) is 12.1 Å². The topological polar surface area (TPSA) is 83.8 Å². The molecule has 28 heavy (non-hydrogen) atoms. The largest absolute Gasteiger partial charge is 0.418 e. The van der Waals surface area contributed by atoms with Gasteiger partial charge in [0.05, 0.1) is 28.6 Å². The monoisotopic (exact) mass is 412 g/mol. The number of hydrogen-bond donors (Lipinski definition) is 3. The molecule has 158 valence electrons. The highest BCUT2D eigenvalue weighted by Gasteiger charge is 2.39. The van der Waals surface area contributed by atoms with Crippen molar-refractivity contribution in [3.05, 3.63) is 29.1 Å². The summed E-state index contributed by atoms with van der Waals surface area (Å²) < 4.78 is 77.9. The molecule has 1 heterocycles. The highest BCUT2D eigenvalue weighted by molar-refractivity contribution is 5.83. The molecule has 0 saturated carbocycles. The second kappa shape index (κ2) is 8.38. The van der Waals surface area contributed by atoms with Gasteiger partial charge in [-0.1, -0.05) is 13.8 Å². The average molecular weight is 412 g/mol. The quantitative estimate of drug-likeness (QED) is 0.658. The summed E-state index contributed by atoms with van der Waals surface area (Å²) in [6.07, 6.45) is -9.96. The Morgan fingerprint density at radius 3 is 2.14 bits per heavy atom. The fourth-order valence-electron chi connectivity index (χ4n) is 2.13. The van der Waals surface area contributed by atoms with Crippen molar-refractivity contribution < 1.29 is 31.1 Å². The normalized spacial score (nSPS) is 12.5. The summed E-state index contributed by atoms with van der Waals surface area (Å²) in [5.74, 6) is -0.571. The first-order chi connectivity index (χ1) is 12.8. The van der Waals surface area contributed by atoms with Crippen molar-refractivity contribution in [2.45, 2.75) is 46.6 Å². The van der Waals surface area contributed by atoms with Crippen molar-refractivity contribution in [2.75, 3.05) is 6.54 Å². The van der Waals surface area contributed by atoms with Crippen molar-refractivity contribution in [1.29, 1.82) is 0 Å². The SMILES string of the molecule is CC.CC(C)(CN)C(=O)NCc1nc2c(C(F)(F)F)cc(C(F)(F)F)cc2[nH]1. The summed E-state index contributed by atoms with van der Waals surface area (Å²) in [6.45, 7) is 6.89. The molecule has 1 aromatic carbocycles. The van der Waals surface area contributed by atoms with Crippen LogP contribution in [0.25, 0.3) is 11.0 Å². The number of fused-ring (bicyclic) bond motifs is 1. The van der Waals surface area contributed by atoms with Gasteiger partial charge in [-0.2, -0.15) is 26.3 Å². The van der Waals surface area contributed by atoms with Crippen molar-refractivity contribution in [2.24, 2.45) is 11.1 Å². The van der Waals surface area contributed by atoms with Gasteiger partial charge in [-0.15, -0.1) is 0 Å². The number of amides is 1. The molecule has 0 radical (unpaired) electrons. The van der Waals surface area contributed by atoms with Gasteiger partial charge in [-0.3, -0.25) is 4.79 Å². The van der Waals surface area contributed by atoms with Crippen LogP contribution in [0.2, 0.25) is 0 Å². The number of imidazole rings is 1. The molecular weight excluding hydrogens is 390 g/mol. The summed E-state index contributed by atoms with van der Waals surface area (Å²) in [7, 11) is 0. The number of hydrogen-bond acceptors (Lipinski definition) is 3. The van der Waals surface area contributed by atoms with Crippen LogP contribution < -0.4 is 11.1 Å². The molecule has 0 saturated heterocycles. The van der Waals surface area contributed by atoms with Gasteiger partial charge in [-0.25, -0.2) is 4.98 Å². The first-order valence-electron chi connectivity index (χ1n) is 8.41. The number of aromatic amines is 1. The fraction of sp³-hybridized carbons (Fsp3) is 0.529. The summed E-state index contributed by atoms with van der Waals surface area (Å²) in [5.41, 5.74) is 0.524. The number of carbonyl (C=O) groups excluding carboxylic acids is 1. The van der Waals surface area contributed by atoms with Crippen LogP contribution in [0.3, 0.4) is 0 Å². The zero-order chi connectivity index (χ0) is 21.9. The van der Waals surface area contributed by atoms with Crippen molar-refractivity contribution in [3.63, 3.8) is 0 Å². The molecule has 4 N–H and O–H groups in total. The van der Waals surface area contributed by atoms with E-state index in [1.807, 2.05) is 13.8 Å². The zero-order valence-corrected chi connectivity index (χ0v) is 15.8. The number of H-pyrrole nitrogens is 1. The number of carbonyl (C=O) groups is 1. The summed E-state index contributed by atoms with van der Waals surface area (Å²) in [6, 6.07) is 0.565. The molecule has 0 aliphatic carbocycles. The number of nitrogens with two attached hydrogens (primary N) is 1. The third-order valence-corrected chi connectivity index (χ3v) is 3.81. The van der Waals surface area contributed by atoms with Crippen LogP contribution in [0.5, 0.6) is 0 Å². The number of alkyl halides is 6. The fourth-order valence-corrected chi connectivity index (χ4v) is 2.13. The Morgan fingerprint density at radius 1 is 1.11 bits per heavy atom. The van der Waals surface area contributed by atoms with Crippen molar-refractivity contribution in [3.8, 4) is 0 Å². The van der Waals surface area contributed by atoms with E-state index < -0.39 is 45.8 Å². The number of benzene rings is 1. The number of halogens is 6. The van der Waals surface area contributed by atoms with Gasteiger partial charge in [0, 0.05) is 6.54 Å². The van der Waals surface area contributed by atoms with Gasteiger partial charge in [0.1, 0.15) is 11.3 Å². The number of nitrogens with zero attached hydrogens (tertiary/aromatic N) is 1. The minimum absolute atomic E-state index is 0.0169. The molecule has 0 unspecified atom stereocenters. The Morgan fingerprint density at radius 2 is 1.68 bits per heavy atom. The lowest BCUT2D eigenvalue weighted by Crippen LogP contribution is -2.41. The van der Waals surface area contributed by atoms with Gasteiger partial charge in [0.25, 0.3) is 0 Å². The van der Waals surface area contributed by atoms with Crippen molar-refractivity contribution in [1.82, 2.24) is 15.3 Å².